The minimum atomic E-state index is -0.959. The molecule has 0 saturated carbocycles. The lowest BCUT2D eigenvalue weighted by Gasteiger charge is -2.14. The summed E-state index contributed by atoms with van der Waals surface area (Å²) in [5.41, 5.74) is 1.14. The first-order valence-electron chi connectivity index (χ1n) is 8.39. The Morgan fingerprint density at radius 1 is 1.04 bits per heavy atom. The first-order valence-corrected chi connectivity index (χ1v) is 8.39. The van der Waals surface area contributed by atoms with Gasteiger partial charge in [0.2, 0.25) is 0 Å². The number of carbonyl (C=O) groups excluding carboxylic acids is 2. The maximum atomic E-state index is 12.9. The topological polar surface area (TPSA) is 73.9 Å². The van der Waals surface area contributed by atoms with Crippen LogP contribution >= 0.6 is 0 Å². The van der Waals surface area contributed by atoms with E-state index in [1.807, 2.05) is 0 Å². The highest BCUT2D eigenvalue weighted by molar-refractivity contribution is 5.92. The predicted octanol–water partition coefficient (Wildman–Crippen LogP) is 2.75. The van der Waals surface area contributed by atoms with Gasteiger partial charge in [0, 0.05) is 6.54 Å². The third-order valence-electron chi connectivity index (χ3n) is 3.90. The largest absolute Gasteiger partial charge is 0.493 e. The molecule has 0 aliphatic carbocycles. The number of carbonyl (C=O) groups is 2. The number of benzene rings is 2. The van der Waals surface area contributed by atoms with Gasteiger partial charge in [0.25, 0.3) is 5.91 Å². The molecule has 1 amide bonds. The molecule has 27 heavy (non-hydrogen) atoms. The summed E-state index contributed by atoms with van der Waals surface area (Å²) in [5.74, 6) is -0.481. The van der Waals surface area contributed by atoms with E-state index < -0.39 is 18.0 Å². The van der Waals surface area contributed by atoms with Gasteiger partial charge in [-0.15, -0.1) is 0 Å². The van der Waals surface area contributed by atoms with Gasteiger partial charge in [0.1, 0.15) is 5.82 Å². The van der Waals surface area contributed by atoms with E-state index in [4.69, 9.17) is 14.2 Å². The molecule has 6 nitrogen and oxygen atoms in total. The standard InChI is InChI=1S/C20H22FNO5/c1-13(19(23)22-11-10-14-4-7-16(21)8-5-14)27-20(24)15-6-9-17(25-2)18(12-15)26-3/h4-9,12-13H,10-11H2,1-3H3,(H,22,23)/t13-/m0/s1. The molecular formula is C20H22FNO5. The minimum absolute atomic E-state index is 0.249. The summed E-state index contributed by atoms with van der Waals surface area (Å²) in [7, 11) is 2.96. The predicted molar refractivity (Wildman–Crippen MR) is 97.5 cm³/mol. The zero-order chi connectivity index (χ0) is 19.8. The van der Waals surface area contributed by atoms with Crippen LogP contribution in [0, 0.1) is 5.82 Å². The Bertz CT molecular complexity index is 791. The van der Waals surface area contributed by atoms with Crippen LogP contribution in [0.2, 0.25) is 0 Å². The van der Waals surface area contributed by atoms with Gasteiger partial charge < -0.3 is 19.5 Å². The van der Waals surface area contributed by atoms with Gasteiger partial charge in [-0.2, -0.15) is 0 Å². The summed E-state index contributed by atoms with van der Waals surface area (Å²) in [5, 5.41) is 2.69. The monoisotopic (exact) mass is 375 g/mol. The first-order chi connectivity index (χ1) is 12.9. The van der Waals surface area contributed by atoms with Gasteiger partial charge in [-0.3, -0.25) is 4.79 Å². The Hall–Kier alpha value is -3.09. The number of esters is 1. The molecule has 1 atom stereocenters. The van der Waals surface area contributed by atoms with Crippen LogP contribution in [0.3, 0.4) is 0 Å². The number of ether oxygens (including phenoxy) is 3. The number of halogens is 1. The second-order valence-corrected chi connectivity index (χ2v) is 5.78. The SMILES string of the molecule is COc1ccc(C(=O)O[C@@H](C)C(=O)NCCc2ccc(F)cc2)cc1OC. The summed E-state index contributed by atoms with van der Waals surface area (Å²) in [6.07, 6.45) is -0.415. The normalized spacial score (nSPS) is 11.4. The van der Waals surface area contributed by atoms with Crippen molar-refractivity contribution in [1.29, 1.82) is 0 Å². The average Bonchev–Trinajstić information content (AvgIpc) is 2.68. The maximum Gasteiger partial charge on any atom is 0.339 e. The lowest BCUT2D eigenvalue weighted by molar-refractivity contribution is -0.129. The summed E-state index contributed by atoms with van der Waals surface area (Å²) >= 11 is 0. The van der Waals surface area contributed by atoms with E-state index in [0.717, 1.165) is 5.56 Å². The Balaban J connectivity index is 1.86. The summed E-state index contributed by atoms with van der Waals surface area (Å²) in [6, 6.07) is 10.6. The molecule has 0 spiro atoms. The van der Waals surface area contributed by atoms with Crippen LogP contribution in [0.15, 0.2) is 42.5 Å². The van der Waals surface area contributed by atoms with Crippen molar-refractivity contribution in [2.75, 3.05) is 20.8 Å². The lowest BCUT2D eigenvalue weighted by atomic mass is 10.1. The van der Waals surface area contributed by atoms with Crippen molar-refractivity contribution < 1.29 is 28.2 Å². The molecule has 2 aromatic carbocycles. The van der Waals surface area contributed by atoms with E-state index in [0.29, 0.717) is 24.5 Å². The third kappa shape index (κ3) is 5.70. The van der Waals surface area contributed by atoms with Crippen molar-refractivity contribution in [2.45, 2.75) is 19.4 Å². The fourth-order valence-electron chi connectivity index (χ4n) is 2.37. The molecule has 0 fully saturated rings. The van der Waals surface area contributed by atoms with Gasteiger partial charge in [-0.25, -0.2) is 9.18 Å². The molecule has 0 aliphatic rings. The zero-order valence-corrected chi connectivity index (χ0v) is 15.5. The number of amides is 1. The number of hydrogen-bond acceptors (Lipinski definition) is 5. The first kappa shape index (κ1) is 20.2. The molecule has 0 unspecified atom stereocenters. The highest BCUT2D eigenvalue weighted by Gasteiger charge is 2.19. The molecule has 7 heteroatoms. The van der Waals surface area contributed by atoms with E-state index in [2.05, 4.69) is 5.32 Å². The van der Waals surface area contributed by atoms with Crippen LogP contribution in [-0.2, 0) is 16.0 Å². The summed E-state index contributed by atoms with van der Waals surface area (Å²) < 4.78 is 28.3. The quantitative estimate of drug-likeness (QED) is 0.718. The molecule has 0 bridgehead atoms. The van der Waals surface area contributed by atoms with Crippen molar-refractivity contribution in [1.82, 2.24) is 5.32 Å². The molecule has 0 heterocycles. The van der Waals surface area contributed by atoms with Gasteiger partial charge in [-0.1, -0.05) is 12.1 Å². The van der Waals surface area contributed by atoms with E-state index in [9.17, 15) is 14.0 Å². The Morgan fingerprint density at radius 2 is 1.70 bits per heavy atom. The van der Waals surface area contributed by atoms with E-state index in [1.54, 1.807) is 18.2 Å². The number of nitrogens with one attached hydrogen (secondary N) is 1. The second kappa shape index (κ2) is 9.56. The molecular weight excluding hydrogens is 353 g/mol. The van der Waals surface area contributed by atoms with E-state index in [1.165, 1.54) is 45.4 Å². The molecule has 0 aromatic heterocycles. The molecule has 144 valence electrons. The minimum Gasteiger partial charge on any atom is -0.493 e. The second-order valence-electron chi connectivity index (χ2n) is 5.78. The smallest absolute Gasteiger partial charge is 0.339 e. The molecule has 0 radical (unpaired) electrons. The Labute approximate surface area is 157 Å². The van der Waals surface area contributed by atoms with Crippen molar-refractivity contribution >= 4 is 11.9 Å². The number of hydrogen-bond donors (Lipinski definition) is 1. The molecule has 0 saturated heterocycles. The Kier molecular flexibility index (Phi) is 7.16. The summed E-state index contributed by atoms with van der Waals surface area (Å²) in [4.78, 5) is 24.3. The molecule has 2 rings (SSSR count). The maximum absolute atomic E-state index is 12.9. The molecule has 1 N–H and O–H groups in total. The third-order valence-corrected chi connectivity index (χ3v) is 3.90. The van der Waals surface area contributed by atoms with Crippen LogP contribution in [0.1, 0.15) is 22.8 Å². The van der Waals surface area contributed by atoms with Gasteiger partial charge >= 0.3 is 5.97 Å². The fourth-order valence-corrected chi connectivity index (χ4v) is 2.37. The van der Waals surface area contributed by atoms with E-state index >= 15 is 0 Å². The van der Waals surface area contributed by atoms with E-state index in [-0.39, 0.29) is 11.4 Å². The molecule has 0 aliphatic heterocycles. The van der Waals surface area contributed by atoms with Crippen molar-refractivity contribution in [2.24, 2.45) is 0 Å². The number of rotatable bonds is 8. The Morgan fingerprint density at radius 3 is 2.33 bits per heavy atom. The van der Waals surface area contributed by atoms with Crippen molar-refractivity contribution in [3.05, 3.63) is 59.4 Å². The van der Waals surface area contributed by atoms with Crippen LogP contribution in [0.4, 0.5) is 4.39 Å². The van der Waals surface area contributed by atoms with Crippen molar-refractivity contribution in [3.63, 3.8) is 0 Å². The molecule has 2 aromatic rings. The van der Waals surface area contributed by atoms with Crippen LogP contribution in [-0.4, -0.2) is 38.7 Å². The lowest BCUT2D eigenvalue weighted by Crippen LogP contribution is -2.36. The van der Waals surface area contributed by atoms with Crippen LogP contribution < -0.4 is 14.8 Å². The summed E-state index contributed by atoms with van der Waals surface area (Å²) in [6.45, 7) is 1.84. The highest BCUT2D eigenvalue weighted by atomic mass is 19.1. The van der Waals surface area contributed by atoms with Crippen LogP contribution in [0.5, 0.6) is 11.5 Å². The fraction of sp³-hybridized carbons (Fsp3) is 0.300. The van der Waals surface area contributed by atoms with Crippen LogP contribution in [0.25, 0.3) is 0 Å². The van der Waals surface area contributed by atoms with Gasteiger partial charge in [0.05, 0.1) is 19.8 Å². The van der Waals surface area contributed by atoms with Crippen molar-refractivity contribution in [3.8, 4) is 11.5 Å². The average molecular weight is 375 g/mol. The number of methoxy groups -OCH3 is 2. The van der Waals surface area contributed by atoms with Gasteiger partial charge in [-0.05, 0) is 49.2 Å². The highest BCUT2D eigenvalue weighted by Crippen LogP contribution is 2.27. The van der Waals surface area contributed by atoms with Gasteiger partial charge in [0.15, 0.2) is 17.6 Å². The zero-order valence-electron chi connectivity index (χ0n) is 15.5.